The van der Waals surface area contributed by atoms with E-state index in [1.165, 1.54) is 28.7 Å². The fourth-order valence-corrected chi connectivity index (χ4v) is 0.417. The second-order valence-corrected chi connectivity index (χ2v) is 14.2. The molecule has 3 nitrogen and oxygen atoms in total. The summed E-state index contributed by atoms with van der Waals surface area (Å²) in [7, 11) is 4.48. The molecular formula is C48H104O3Pd. The molecule has 1 N–H and O–H groups in total. The van der Waals surface area contributed by atoms with Crippen LogP contribution in [0.2, 0.25) is 0 Å². The maximum absolute atomic E-state index is 7.00. The molecule has 4 heteroatoms. The van der Waals surface area contributed by atoms with Crippen molar-refractivity contribution in [3.05, 3.63) is 85.1 Å². The van der Waals surface area contributed by atoms with E-state index in [0.717, 1.165) is 37.9 Å². The van der Waals surface area contributed by atoms with E-state index < -0.39 is 0 Å². The van der Waals surface area contributed by atoms with Crippen LogP contribution in [0, 0.1) is 17.8 Å². The quantitative estimate of drug-likeness (QED) is 0.143. The van der Waals surface area contributed by atoms with Crippen molar-refractivity contribution in [2.24, 2.45) is 17.8 Å². The topological polar surface area (TPSA) is 38.7 Å². The third-order valence-corrected chi connectivity index (χ3v) is 6.71. The van der Waals surface area contributed by atoms with Gasteiger partial charge in [-0.1, -0.05) is 141 Å². The molecule has 0 rings (SSSR count). The van der Waals surface area contributed by atoms with Gasteiger partial charge in [0.25, 0.3) is 0 Å². The smallest absolute Gasteiger partial charge is 0.0620 e. The van der Waals surface area contributed by atoms with Crippen LogP contribution in [0.3, 0.4) is 0 Å². The molecule has 0 saturated carbocycles. The molecule has 0 spiro atoms. The van der Waals surface area contributed by atoms with E-state index in [-0.39, 0.29) is 27.5 Å². The Labute approximate surface area is 348 Å². The minimum absolute atomic E-state index is 0. The van der Waals surface area contributed by atoms with Crippen molar-refractivity contribution in [2.45, 2.75) is 190 Å². The van der Waals surface area contributed by atoms with Gasteiger partial charge in [-0.25, -0.2) is 0 Å². The average molecular weight is 836 g/mol. The summed E-state index contributed by atoms with van der Waals surface area (Å²) in [5, 5.41) is 7.00. The molecule has 0 aromatic carbocycles. The van der Waals surface area contributed by atoms with Gasteiger partial charge in [0.15, 0.2) is 0 Å². The van der Waals surface area contributed by atoms with Gasteiger partial charge < -0.3 is 14.6 Å². The SMILES string of the molecule is C=C(C)CC.C=C(C)CC.C=CC(=C)C.C=CC(C)C.CC=C(C)C.CC=C(C)C.CCC(C)(C)OC.CCC(C)C.CO.COC(C)C(C)C.[HH].[Pd]. The van der Waals surface area contributed by atoms with E-state index in [4.69, 9.17) is 14.6 Å². The average Bonchev–Trinajstić information content (AvgIpc) is 3.10. The fraction of sp³-hybridized carbons (Fsp3) is 0.708. The molecule has 0 bridgehead atoms. The summed E-state index contributed by atoms with van der Waals surface area (Å²) < 4.78 is 10.1. The zero-order valence-electron chi connectivity index (χ0n) is 40.6. The van der Waals surface area contributed by atoms with Crippen molar-refractivity contribution in [3.63, 3.8) is 0 Å². The number of hydrogen-bond donors (Lipinski definition) is 1. The summed E-state index contributed by atoms with van der Waals surface area (Å²) >= 11 is 0. The van der Waals surface area contributed by atoms with E-state index in [9.17, 15) is 0 Å². The van der Waals surface area contributed by atoms with Crippen LogP contribution < -0.4 is 0 Å². The van der Waals surface area contributed by atoms with E-state index in [2.05, 4.69) is 163 Å². The molecule has 0 amide bonds. The first-order valence-corrected chi connectivity index (χ1v) is 19.1. The molecule has 52 heavy (non-hydrogen) atoms. The molecular weight excluding hydrogens is 731 g/mol. The number of aliphatic hydroxyl groups excluding tert-OH is 1. The molecule has 0 aliphatic heterocycles. The van der Waals surface area contributed by atoms with E-state index >= 15 is 0 Å². The summed E-state index contributed by atoms with van der Waals surface area (Å²) in [6.07, 6.45) is 12.8. The summed E-state index contributed by atoms with van der Waals surface area (Å²) in [4.78, 5) is 0. The van der Waals surface area contributed by atoms with Gasteiger partial charge >= 0.3 is 0 Å². The van der Waals surface area contributed by atoms with Crippen molar-refractivity contribution < 1.29 is 36.4 Å². The molecule has 0 heterocycles. The molecule has 0 aliphatic rings. The standard InChI is InChI=1S/2C6H14O.C5H12.5C5H10.C5H8.CH4O.Pd.H2/c1-5-6(2,3)7-4;1-5(2)6(3)7-4;7*1-4-5(2)3;1-2;;/h5H2,1-4H3;5-6H,1-4H3;5H,4H2,1-3H3;2*4H,1-3H3;2*2,4H2,1,3H3;4-5H,1H2,2-3H3;4H,1-2H2,3H3;2H,1H3;;1H. The number of aliphatic hydroxyl groups is 1. The first kappa shape index (κ1) is 79.5. The number of ether oxygens (including phenoxy) is 2. The van der Waals surface area contributed by atoms with E-state index in [1.807, 2.05) is 40.7 Å². The van der Waals surface area contributed by atoms with Crippen molar-refractivity contribution in [1.82, 2.24) is 0 Å². The van der Waals surface area contributed by atoms with Crippen LogP contribution in [0.15, 0.2) is 85.1 Å². The molecule has 0 aliphatic carbocycles. The van der Waals surface area contributed by atoms with Crippen molar-refractivity contribution >= 4 is 0 Å². The molecule has 0 saturated heterocycles. The summed E-state index contributed by atoms with van der Waals surface area (Å²) in [5.74, 6) is 2.18. The molecule has 0 aromatic heterocycles. The second-order valence-electron chi connectivity index (χ2n) is 14.2. The monoisotopic (exact) mass is 835 g/mol. The van der Waals surface area contributed by atoms with Gasteiger partial charge in [-0.2, -0.15) is 0 Å². The van der Waals surface area contributed by atoms with Crippen LogP contribution >= 0.6 is 0 Å². The van der Waals surface area contributed by atoms with Gasteiger partial charge in [-0.3, -0.25) is 0 Å². The van der Waals surface area contributed by atoms with Gasteiger partial charge in [-0.05, 0) is 120 Å². The van der Waals surface area contributed by atoms with Gasteiger partial charge in [0.05, 0.1) is 11.7 Å². The second kappa shape index (κ2) is 67.8. The van der Waals surface area contributed by atoms with Crippen LogP contribution in [0.4, 0.5) is 0 Å². The first-order valence-electron chi connectivity index (χ1n) is 19.1. The van der Waals surface area contributed by atoms with Gasteiger partial charge in [0.2, 0.25) is 0 Å². The Hall–Kier alpha value is -1.28. The molecule has 324 valence electrons. The molecule has 0 fully saturated rings. The zero-order chi connectivity index (χ0) is 43.8. The van der Waals surface area contributed by atoms with Crippen LogP contribution in [0.1, 0.15) is 179 Å². The minimum atomic E-state index is 0. The van der Waals surface area contributed by atoms with Gasteiger partial charge in [0.1, 0.15) is 0 Å². The van der Waals surface area contributed by atoms with Crippen molar-refractivity contribution in [2.75, 3.05) is 21.3 Å². The Bertz CT molecular complexity index is 717. The number of methoxy groups -OCH3 is 2. The third kappa shape index (κ3) is 182. The number of allylic oxidation sites excluding steroid dienone is 9. The van der Waals surface area contributed by atoms with E-state index in [1.54, 1.807) is 20.3 Å². The van der Waals surface area contributed by atoms with Crippen LogP contribution in [-0.4, -0.2) is 38.1 Å². The first-order chi connectivity index (χ1) is 23.2. The van der Waals surface area contributed by atoms with Crippen LogP contribution in [-0.2, 0) is 29.9 Å². The minimum Gasteiger partial charge on any atom is -0.400 e. The maximum Gasteiger partial charge on any atom is 0.0620 e. The number of hydrogen-bond acceptors (Lipinski definition) is 3. The van der Waals surface area contributed by atoms with Gasteiger partial charge in [-0.15, -0.1) is 19.7 Å². The molecule has 1 atom stereocenters. The summed E-state index contributed by atoms with van der Waals surface area (Å²) in [6.45, 7) is 64.0. The molecule has 0 aromatic rings. The Morgan fingerprint density at radius 2 is 0.904 bits per heavy atom. The summed E-state index contributed by atoms with van der Waals surface area (Å²) in [5.41, 5.74) is 6.37. The molecule has 1 unspecified atom stereocenters. The Morgan fingerprint density at radius 3 is 0.904 bits per heavy atom. The van der Waals surface area contributed by atoms with Crippen molar-refractivity contribution in [1.29, 1.82) is 0 Å². The van der Waals surface area contributed by atoms with Crippen LogP contribution in [0.5, 0.6) is 0 Å². The van der Waals surface area contributed by atoms with Crippen molar-refractivity contribution in [3.8, 4) is 0 Å². The zero-order valence-corrected chi connectivity index (χ0v) is 42.1. The summed E-state index contributed by atoms with van der Waals surface area (Å²) in [6, 6.07) is 0. The normalized spacial score (nSPS) is 8.94. The Morgan fingerprint density at radius 1 is 0.692 bits per heavy atom. The molecule has 0 radical (unpaired) electrons. The Balaban J connectivity index is -0.0000000354. The predicted octanol–water partition coefficient (Wildman–Crippen LogP) is 16.9. The maximum atomic E-state index is 7.00. The fourth-order valence-electron chi connectivity index (χ4n) is 0.417. The Kier molecular flexibility index (Phi) is 104. The predicted molar refractivity (Wildman–Crippen MR) is 249 cm³/mol. The van der Waals surface area contributed by atoms with Crippen LogP contribution in [0.25, 0.3) is 0 Å². The largest absolute Gasteiger partial charge is 0.400 e. The number of rotatable bonds is 9. The van der Waals surface area contributed by atoms with Gasteiger partial charge in [0, 0.05) is 43.2 Å². The third-order valence-electron chi connectivity index (χ3n) is 6.71. The van der Waals surface area contributed by atoms with E-state index in [0.29, 0.717) is 17.9 Å².